The SMILES string of the molecule is CCOC(=O)c1c(NC(=O)C(=O)N/N=C/c2ccc(OCc3c(F)cccc3Cl)c(OC)c2)sc2c1CCCCC2. The number of nitrogens with one attached hydrogen (secondary N) is 2. The molecule has 0 fully saturated rings. The zero-order valence-electron chi connectivity index (χ0n) is 22.6. The van der Waals surface area contributed by atoms with Gasteiger partial charge < -0.3 is 19.5 Å². The van der Waals surface area contributed by atoms with Crippen LogP contribution in [0.15, 0.2) is 41.5 Å². The highest BCUT2D eigenvalue weighted by atomic mass is 35.5. The fourth-order valence-electron chi connectivity index (χ4n) is 4.33. The summed E-state index contributed by atoms with van der Waals surface area (Å²) in [4.78, 5) is 38.8. The normalized spacial score (nSPS) is 12.8. The van der Waals surface area contributed by atoms with Crippen LogP contribution in [0.2, 0.25) is 5.02 Å². The van der Waals surface area contributed by atoms with Gasteiger partial charge in [0.2, 0.25) is 0 Å². The number of fused-ring (bicyclic) bond motifs is 1. The molecule has 0 saturated heterocycles. The van der Waals surface area contributed by atoms with Gasteiger partial charge in [0, 0.05) is 10.4 Å². The largest absolute Gasteiger partial charge is 0.493 e. The molecule has 4 rings (SSSR count). The number of nitrogens with zero attached hydrogens (tertiary/aromatic N) is 1. The summed E-state index contributed by atoms with van der Waals surface area (Å²) in [6.45, 7) is 1.81. The van der Waals surface area contributed by atoms with Gasteiger partial charge in [0.25, 0.3) is 0 Å². The molecule has 12 heteroatoms. The van der Waals surface area contributed by atoms with Crippen molar-refractivity contribution in [2.45, 2.75) is 45.6 Å². The lowest BCUT2D eigenvalue weighted by atomic mass is 10.1. The molecule has 0 radical (unpaired) electrons. The lowest BCUT2D eigenvalue weighted by Gasteiger charge is -2.12. The van der Waals surface area contributed by atoms with E-state index in [0.717, 1.165) is 42.5 Å². The minimum Gasteiger partial charge on any atom is -0.493 e. The first kappa shape index (κ1) is 30.0. The zero-order chi connectivity index (χ0) is 29.4. The number of carbonyl (C=O) groups is 3. The van der Waals surface area contributed by atoms with Crippen LogP contribution in [0.4, 0.5) is 9.39 Å². The van der Waals surface area contributed by atoms with Crippen LogP contribution in [-0.2, 0) is 33.8 Å². The van der Waals surface area contributed by atoms with E-state index in [-0.39, 0.29) is 23.8 Å². The number of carbonyl (C=O) groups excluding carboxylic acids is 3. The van der Waals surface area contributed by atoms with Crippen LogP contribution in [0, 0.1) is 5.82 Å². The molecule has 3 aromatic rings. The maximum atomic E-state index is 14.0. The van der Waals surface area contributed by atoms with Crippen molar-refractivity contribution in [3.63, 3.8) is 0 Å². The van der Waals surface area contributed by atoms with Crippen molar-refractivity contribution in [1.82, 2.24) is 5.43 Å². The molecule has 216 valence electrons. The lowest BCUT2D eigenvalue weighted by molar-refractivity contribution is -0.136. The zero-order valence-corrected chi connectivity index (χ0v) is 24.1. The van der Waals surface area contributed by atoms with Crippen LogP contribution in [0.25, 0.3) is 0 Å². The van der Waals surface area contributed by atoms with Crippen LogP contribution >= 0.6 is 22.9 Å². The average Bonchev–Trinajstić information content (AvgIpc) is 3.13. The molecular weight excluding hydrogens is 573 g/mol. The second kappa shape index (κ2) is 14.1. The Hall–Kier alpha value is -3.96. The molecule has 2 aromatic carbocycles. The number of thiophene rings is 1. The molecule has 0 atom stereocenters. The molecule has 1 aliphatic rings. The Kier molecular flexibility index (Phi) is 10.3. The number of esters is 1. The van der Waals surface area contributed by atoms with Crippen molar-refractivity contribution in [3.05, 3.63) is 74.4 Å². The molecule has 0 aliphatic heterocycles. The van der Waals surface area contributed by atoms with Gasteiger partial charge in [-0.15, -0.1) is 11.3 Å². The van der Waals surface area contributed by atoms with Gasteiger partial charge in [-0.25, -0.2) is 14.6 Å². The molecule has 1 heterocycles. The summed E-state index contributed by atoms with van der Waals surface area (Å²) < 4.78 is 30.3. The Bertz CT molecular complexity index is 1450. The summed E-state index contributed by atoms with van der Waals surface area (Å²) in [6.07, 6.45) is 5.85. The molecule has 1 aromatic heterocycles. The number of amides is 2. The first-order chi connectivity index (χ1) is 19.8. The van der Waals surface area contributed by atoms with Gasteiger partial charge in [-0.3, -0.25) is 9.59 Å². The standard InChI is InChI=1S/C29H29ClFN3O6S/c1-3-39-29(37)25-18-8-5-4-6-11-24(18)41-28(25)33-26(35)27(36)34-32-15-17-12-13-22(23(14-17)38-2)40-16-19-20(30)9-7-10-21(19)31/h7,9-10,12-15H,3-6,8,11,16H2,1-2H3,(H,33,35)(H,34,36)/b32-15+. The molecule has 0 spiro atoms. The van der Waals surface area contributed by atoms with Gasteiger partial charge in [0.05, 0.1) is 30.5 Å². The molecular formula is C29H29ClFN3O6S. The second-order valence-corrected chi connectivity index (χ2v) is 10.6. The number of methoxy groups -OCH3 is 1. The molecule has 0 unspecified atom stereocenters. The van der Waals surface area contributed by atoms with E-state index >= 15 is 0 Å². The number of anilines is 1. The fraction of sp³-hybridized carbons (Fsp3) is 0.310. The smallest absolute Gasteiger partial charge is 0.341 e. The highest BCUT2D eigenvalue weighted by Gasteiger charge is 2.28. The van der Waals surface area contributed by atoms with E-state index in [1.54, 1.807) is 31.2 Å². The van der Waals surface area contributed by atoms with E-state index in [1.807, 2.05) is 0 Å². The van der Waals surface area contributed by atoms with Crippen molar-refractivity contribution >= 4 is 51.9 Å². The third kappa shape index (κ3) is 7.42. The highest BCUT2D eigenvalue weighted by Crippen LogP contribution is 2.38. The fourth-order valence-corrected chi connectivity index (χ4v) is 5.82. The molecule has 9 nitrogen and oxygen atoms in total. The minimum absolute atomic E-state index is 0.106. The van der Waals surface area contributed by atoms with Crippen molar-refractivity contribution in [1.29, 1.82) is 0 Å². The number of ether oxygens (including phenoxy) is 3. The molecule has 0 bridgehead atoms. The summed E-state index contributed by atoms with van der Waals surface area (Å²) in [6, 6.07) is 9.21. The quantitative estimate of drug-likeness (QED) is 0.107. The first-order valence-electron chi connectivity index (χ1n) is 13.0. The van der Waals surface area contributed by atoms with Gasteiger partial charge in [-0.05, 0) is 74.1 Å². The summed E-state index contributed by atoms with van der Waals surface area (Å²) >= 11 is 7.36. The summed E-state index contributed by atoms with van der Waals surface area (Å²) in [5.41, 5.74) is 4.15. The van der Waals surface area contributed by atoms with Crippen LogP contribution in [0.3, 0.4) is 0 Å². The molecule has 2 N–H and O–H groups in total. The first-order valence-corrected chi connectivity index (χ1v) is 14.2. The number of rotatable bonds is 9. The van der Waals surface area contributed by atoms with Gasteiger partial charge in [0.15, 0.2) is 11.5 Å². The third-order valence-corrected chi connectivity index (χ3v) is 7.90. The predicted octanol–water partition coefficient (Wildman–Crippen LogP) is 5.66. The minimum atomic E-state index is -1.01. The monoisotopic (exact) mass is 601 g/mol. The Morgan fingerprint density at radius 1 is 1.10 bits per heavy atom. The number of hydrazone groups is 1. The molecule has 0 saturated carbocycles. The Morgan fingerprint density at radius 2 is 1.90 bits per heavy atom. The van der Waals surface area contributed by atoms with E-state index in [9.17, 15) is 18.8 Å². The summed E-state index contributed by atoms with van der Waals surface area (Å²) in [7, 11) is 1.44. The van der Waals surface area contributed by atoms with E-state index in [0.29, 0.717) is 27.6 Å². The van der Waals surface area contributed by atoms with E-state index in [4.69, 9.17) is 25.8 Å². The summed E-state index contributed by atoms with van der Waals surface area (Å²) in [5, 5.41) is 6.96. The number of aryl methyl sites for hydroxylation is 1. The second-order valence-electron chi connectivity index (χ2n) is 9.04. The van der Waals surface area contributed by atoms with Crippen LogP contribution in [0.5, 0.6) is 11.5 Å². The number of benzene rings is 2. The van der Waals surface area contributed by atoms with Gasteiger partial charge >= 0.3 is 17.8 Å². The van der Waals surface area contributed by atoms with E-state index in [1.165, 1.54) is 36.8 Å². The molecule has 41 heavy (non-hydrogen) atoms. The number of halogens is 2. The van der Waals surface area contributed by atoms with Crippen LogP contribution < -0.4 is 20.2 Å². The van der Waals surface area contributed by atoms with Gasteiger partial charge in [-0.2, -0.15) is 5.10 Å². The van der Waals surface area contributed by atoms with E-state index in [2.05, 4.69) is 15.8 Å². The summed E-state index contributed by atoms with van der Waals surface area (Å²) in [5.74, 6) is -2.27. The lowest BCUT2D eigenvalue weighted by Crippen LogP contribution is -2.32. The van der Waals surface area contributed by atoms with Crippen LogP contribution in [0.1, 0.15) is 58.1 Å². The average molecular weight is 602 g/mol. The van der Waals surface area contributed by atoms with Crippen molar-refractivity contribution in [2.24, 2.45) is 5.10 Å². The van der Waals surface area contributed by atoms with Gasteiger partial charge in [-0.1, -0.05) is 24.1 Å². The Labute approximate surface area is 245 Å². The highest BCUT2D eigenvalue weighted by molar-refractivity contribution is 7.17. The third-order valence-electron chi connectivity index (χ3n) is 6.34. The van der Waals surface area contributed by atoms with Gasteiger partial charge in [0.1, 0.15) is 17.4 Å². The van der Waals surface area contributed by atoms with Crippen molar-refractivity contribution in [2.75, 3.05) is 19.0 Å². The molecule has 2 amide bonds. The number of hydrogen-bond acceptors (Lipinski definition) is 8. The molecule has 1 aliphatic carbocycles. The Morgan fingerprint density at radius 3 is 2.66 bits per heavy atom. The predicted molar refractivity (Wildman–Crippen MR) is 155 cm³/mol. The van der Waals surface area contributed by atoms with E-state index < -0.39 is 23.6 Å². The van der Waals surface area contributed by atoms with Crippen molar-refractivity contribution in [3.8, 4) is 11.5 Å². The van der Waals surface area contributed by atoms with Crippen molar-refractivity contribution < 1.29 is 33.0 Å². The number of hydrogen-bond donors (Lipinski definition) is 2. The maximum Gasteiger partial charge on any atom is 0.341 e. The topological polar surface area (TPSA) is 115 Å². The van der Waals surface area contributed by atoms with Crippen LogP contribution in [-0.4, -0.2) is 37.7 Å². The Balaban J connectivity index is 1.39. The maximum absolute atomic E-state index is 14.0.